The molecule has 0 radical (unpaired) electrons. The maximum absolute atomic E-state index is 12.6. The van der Waals surface area contributed by atoms with Gasteiger partial charge in [-0.25, -0.2) is 4.79 Å². The molecule has 1 aromatic rings. The van der Waals surface area contributed by atoms with E-state index in [-0.39, 0.29) is 16.6 Å². The number of hydrazone groups is 1. The first-order valence-corrected chi connectivity index (χ1v) is 8.71. The Morgan fingerprint density at radius 2 is 1.85 bits per heavy atom. The van der Waals surface area contributed by atoms with Crippen molar-refractivity contribution in [3.8, 4) is 0 Å². The topological polar surface area (TPSA) is 100 Å². The molecule has 0 atom stereocenters. The third kappa shape index (κ3) is 5.24. The highest BCUT2D eigenvalue weighted by molar-refractivity contribution is 7.82. The van der Waals surface area contributed by atoms with Gasteiger partial charge in [0.05, 0.1) is 17.9 Å². The van der Waals surface area contributed by atoms with Crippen LogP contribution in [0.5, 0.6) is 0 Å². The van der Waals surface area contributed by atoms with Crippen molar-refractivity contribution in [2.75, 3.05) is 45.3 Å². The second-order valence-corrected chi connectivity index (χ2v) is 6.27. The summed E-state index contributed by atoms with van der Waals surface area (Å²) in [6.45, 7) is 4.85. The van der Waals surface area contributed by atoms with Crippen LogP contribution < -0.4 is 11.2 Å². The number of amides is 1. The number of benzene rings is 1. The molecule has 8 nitrogen and oxygen atoms in total. The zero-order chi connectivity index (χ0) is 19.1. The fraction of sp³-hybridized carbons (Fsp3) is 0.412. The van der Waals surface area contributed by atoms with Crippen LogP contribution in [0.2, 0.25) is 0 Å². The maximum Gasteiger partial charge on any atom is 0.338 e. The quantitative estimate of drug-likeness (QED) is 0.326. The van der Waals surface area contributed by atoms with Crippen molar-refractivity contribution in [1.82, 2.24) is 9.80 Å². The SMILES string of the molecule is CCOC(=O)c1ccc(N/N=C(\C(=O)N2CCN(C)CC2)C(N)=S)cc1. The number of thiocarbonyl (C=S) groups is 1. The molecule has 0 aliphatic carbocycles. The number of hydrogen-bond donors (Lipinski definition) is 2. The maximum atomic E-state index is 12.6. The van der Waals surface area contributed by atoms with Crippen LogP contribution in [0.1, 0.15) is 17.3 Å². The van der Waals surface area contributed by atoms with E-state index in [9.17, 15) is 9.59 Å². The Labute approximate surface area is 158 Å². The number of nitrogens with zero attached hydrogens (tertiary/aromatic N) is 3. The summed E-state index contributed by atoms with van der Waals surface area (Å²) in [5.74, 6) is -0.683. The lowest BCUT2D eigenvalue weighted by atomic mass is 10.2. The highest BCUT2D eigenvalue weighted by atomic mass is 32.1. The first kappa shape index (κ1) is 19.8. The lowest BCUT2D eigenvalue weighted by Gasteiger charge is -2.32. The van der Waals surface area contributed by atoms with Crippen molar-refractivity contribution in [2.24, 2.45) is 10.8 Å². The molecule has 0 aromatic heterocycles. The molecule has 9 heteroatoms. The summed E-state index contributed by atoms with van der Waals surface area (Å²) in [5.41, 5.74) is 9.48. The van der Waals surface area contributed by atoms with Gasteiger partial charge < -0.3 is 20.3 Å². The fourth-order valence-corrected chi connectivity index (χ4v) is 2.52. The molecule has 3 N–H and O–H groups in total. The average Bonchev–Trinajstić information content (AvgIpc) is 2.62. The first-order valence-electron chi connectivity index (χ1n) is 8.31. The van der Waals surface area contributed by atoms with Crippen molar-refractivity contribution < 1.29 is 14.3 Å². The van der Waals surface area contributed by atoms with Crippen molar-refractivity contribution in [3.63, 3.8) is 0 Å². The largest absolute Gasteiger partial charge is 0.462 e. The van der Waals surface area contributed by atoms with E-state index in [1.165, 1.54) is 0 Å². The normalized spacial score (nSPS) is 15.5. The second-order valence-electron chi connectivity index (χ2n) is 5.83. The van der Waals surface area contributed by atoms with Crippen LogP contribution in [0.25, 0.3) is 0 Å². The minimum atomic E-state index is -0.392. The number of carbonyl (C=O) groups excluding carboxylic acids is 2. The number of likely N-dealkylation sites (N-methyl/N-ethyl adjacent to an activating group) is 1. The van der Waals surface area contributed by atoms with Crippen molar-refractivity contribution in [3.05, 3.63) is 29.8 Å². The van der Waals surface area contributed by atoms with E-state index in [0.29, 0.717) is 30.9 Å². The molecule has 1 aliphatic rings. The summed E-state index contributed by atoms with van der Waals surface area (Å²) in [4.78, 5) is 28.0. The molecule has 1 amide bonds. The molecule has 1 aliphatic heterocycles. The Balaban J connectivity index is 2.06. The van der Waals surface area contributed by atoms with Gasteiger partial charge in [0.1, 0.15) is 4.99 Å². The Kier molecular flexibility index (Phi) is 7.05. The Morgan fingerprint density at radius 3 is 2.38 bits per heavy atom. The molecule has 2 rings (SSSR count). The van der Waals surface area contributed by atoms with Gasteiger partial charge in [-0.15, -0.1) is 0 Å². The number of carbonyl (C=O) groups is 2. The van der Waals surface area contributed by atoms with Crippen LogP contribution in [0.15, 0.2) is 29.4 Å². The van der Waals surface area contributed by atoms with Crippen molar-refractivity contribution >= 4 is 40.5 Å². The number of ether oxygens (including phenoxy) is 1. The molecule has 1 fully saturated rings. The van der Waals surface area contributed by atoms with Crippen molar-refractivity contribution in [1.29, 1.82) is 0 Å². The van der Waals surface area contributed by atoms with E-state index in [4.69, 9.17) is 22.7 Å². The molecule has 0 unspecified atom stereocenters. The minimum Gasteiger partial charge on any atom is -0.462 e. The summed E-state index contributed by atoms with van der Waals surface area (Å²) in [6.07, 6.45) is 0. The Bertz CT molecular complexity index is 697. The highest BCUT2D eigenvalue weighted by Gasteiger charge is 2.25. The van der Waals surface area contributed by atoms with Gasteiger partial charge in [-0.2, -0.15) is 5.10 Å². The predicted molar refractivity (Wildman–Crippen MR) is 104 cm³/mol. The van der Waals surface area contributed by atoms with E-state index in [1.807, 2.05) is 7.05 Å². The summed E-state index contributed by atoms with van der Waals surface area (Å²) in [7, 11) is 2.01. The molecule has 1 heterocycles. The van der Waals surface area contributed by atoms with Gasteiger partial charge in [-0.1, -0.05) is 12.2 Å². The molecule has 0 spiro atoms. The number of hydrogen-bond acceptors (Lipinski definition) is 7. The zero-order valence-corrected chi connectivity index (χ0v) is 15.7. The van der Waals surface area contributed by atoms with Gasteiger partial charge in [0, 0.05) is 26.2 Å². The molecule has 0 saturated carbocycles. The van der Waals surface area contributed by atoms with E-state index in [1.54, 1.807) is 36.1 Å². The van der Waals surface area contributed by atoms with Gasteiger partial charge in [0.15, 0.2) is 5.71 Å². The summed E-state index contributed by atoms with van der Waals surface area (Å²) >= 11 is 4.97. The monoisotopic (exact) mass is 377 g/mol. The Morgan fingerprint density at radius 1 is 1.23 bits per heavy atom. The molecule has 26 heavy (non-hydrogen) atoms. The second kappa shape index (κ2) is 9.25. The first-order chi connectivity index (χ1) is 12.4. The van der Waals surface area contributed by atoms with Gasteiger partial charge in [0.25, 0.3) is 5.91 Å². The van der Waals surface area contributed by atoms with Crippen LogP contribution in [-0.4, -0.2) is 72.2 Å². The number of nitrogens with two attached hydrogens (primary N) is 1. The molecular weight excluding hydrogens is 354 g/mol. The number of nitrogens with one attached hydrogen (secondary N) is 1. The van der Waals surface area contributed by atoms with E-state index >= 15 is 0 Å². The minimum absolute atomic E-state index is 0.0130. The predicted octanol–water partition coefficient (Wildman–Crippen LogP) is 0.691. The third-order valence-corrected chi connectivity index (χ3v) is 4.11. The van der Waals surface area contributed by atoms with Crippen LogP contribution in [-0.2, 0) is 9.53 Å². The summed E-state index contributed by atoms with van der Waals surface area (Å²) < 4.78 is 4.93. The lowest BCUT2D eigenvalue weighted by Crippen LogP contribution is -2.51. The zero-order valence-electron chi connectivity index (χ0n) is 14.9. The molecule has 1 aromatic carbocycles. The van der Waals surface area contributed by atoms with Crippen LogP contribution in [0, 0.1) is 0 Å². The van der Waals surface area contributed by atoms with Gasteiger partial charge in [0.2, 0.25) is 0 Å². The third-order valence-electron chi connectivity index (χ3n) is 3.92. The molecule has 0 bridgehead atoms. The van der Waals surface area contributed by atoms with E-state index < -0.39 is 5.97 Å². The lowest BCUT2D eigenvalue weighted by molar-refractivity contribution is -0.125. The number of piperazine rings is 1. The van der Waals surface area contributed by atoms with Crippen LogP contribution >= 0.6 is 12.2 Å². The number of rotatable bonds is 6. The highest BCUT2D eigenvalue weighted by Crippen LogP contribution is 2.11. The van der Waals surface area contributed by atoms with Gasteiger partial charge in [-0.05, 0) is 38.2 Å². The van der Waals surface area contributed by atoms with E-state index in [2.05, 4.69) is 15.4 Å². The standard InChI is InChI=1S/C17H23N5O3S/c1-3-25-17(24)12-4-6-13(7-5-12)19-20-14(15(18)26)16(23)22-10-8-21(2)9-11-22/h4-7,19H,3,8-11H2,1-2H3,(H2,18,26)/b20-14-. The molecule has 140 valence electrons. The average molecular weight is 377 g/mol. The molecule has 1 saturated heterocycles. The Hall–Kier alpha value is -2.52. The summed E-state index contributed by atoms with van der Waals surface area (Å²) in [6, 6.07) is 6.54. The van der Waals surface area contributed by atoms with Crippen LogP contribution in [0.4, 0.5) is 5.69 Å². The number of esters is 1. The smallest absolute Gasteiger partial charge is 0.338 e. The van der Waals surface area contributed by atoms with E-state index in [0.717, 1.165) is 13.1 Å². The van der Waals surface area contributed by atoms with Gasteiger partial charge >= 0.3 is 5.97 Å². The number of anilines is 1. The van der Waals surface area contributed by atoms with Crippen molar-refractivity contribution in [2.45, 2.75) is 6.92 Å². The fourth-order valence-electron chi connectivity index (χ4n) is 2.38. The van der Waals surface area contributed by atoms with Gasteiger partial charge in [-0.3, -0.25) is 10.2 Å². The molecular formula is C17H23N5O3S. The van der Waals surface area contributed by atoms with Crippen LogP contribution in [0.3, 0.4) is 0 Å². The summed E-state index contributed by atoms with van der Waals surface area (Å²) in [5, 5.41) is 4.08.